The second-order valence-corrected chi connectivity index (χ2v) is 4.83. The van der Waals surface area contributed by atoms with Crippen molar-refractivity contribution in [2.24, 2.45) is 5.73 Å². The summed E-state index contributed by atoms with van der Waals surface area (Å²) in [5.41, 5.74) is 4.76. The van der Waals surface area contributed by atoms with Gasteiger partial charge in [-0.2, -0.15) is 13.2 Å². The molecule has 1 aromatic heterocycles. The number of nitrogens with one attached hydrogen (secondary N) is 1. The summed E-state index contributed by atoms with van der Waals surface area (Å²) < 4.78 is 37.0. The molecule has 3 N–H and O–H groups in total. The molecule has 18 heavy (non-hydrogen) atoms. The van der Waals surface area contributed by atoms with Crippen molar-refractivity contribution in [2.75, 3.05) is 5.32 Å². The summed E-state index contributed by atoms with van der Waals surface area (Å²) in [5, 5.41) is 3.03. The minimum absolute atomic E-state index is 0.0385. The maximum atomic E-state index is 12.3. The van der Waals surface area contributed by atoms with Crippen molar-refractivity contribution >= 4 is 5.95 Å². The van der Waals surface area contributed by atoms with Crippen molar-refractivity contribution in [3.05, 3.63) is 18.0 Å². The smallest absolute Gasteiger partial charge is 0.348 e. The second kappa shape index (κ2) is 4.38. The van der Waals surface area contributed by atoms with Crippen LogP contribution in [-0.4, -0.2) is 21.5 Å². The van der Waals surface area contributed by atoms with Crippen molar-refractivity contribution in [1.82, 2.24) is 9.97 Å². The molecule has 100 valence electrons. The Labute approximate surface area is 103 Å². The summed E-state index contributed by atoms with van der Waals surface area (Å²) >= 11 is 0. The predicted octanol–water partition coefficient (Wildman–Crippen LogP) is 2.18. The fourth-order valence-electron chi connectivity index (χ4n) is 2.14. The van der Waals surface area contributed by atoms with Crippen LogP contribution in [0.3, 0.4) is 0 Å². The molecule has 4 nitrogen and oxygen atoms in total. The Hall–Kier alpha value is -1.37. The van der Waals surface area contributed by atoms with E-state index in [0.29, 0.717) is 0 Å². The Morgan fingerprint density at radius 3 is 2.44 bits per heavy atom. The van der Waals surface area contributed by atoms with E-state index in [1.165, 1.54) is 0 Å². The van der Waals surface area contributed by atoms with E-state index in [1.807, 2.05) is 6.92 Å². The summed E-state index contributed by atoms with van der Waals surface area (Å²) in [6, 6.07) is -0.0385. The van der Waals surface area contributed by atoms with Crippen molar-refractivity contribution in [3.63, 3.8) is 0 Å². The lowest BCUT2D eigenvalue weighted by atomic mass is 9.97. The second-order valence-electron chi connectivity index (χ2n) is 4.83. The minimum atomic E-state index is -4.41. The molecule has 7 heteroatoms. The number of hydrogen-bond donors (Lipinski definition) is 2. The molecule has 0 radical (unpaired) electrons. The molecule has 1 fully saturated rings. The number of nitrogens with two attached hydrogens (primary N) is 1. The normalized spacial score (nSPS) is 28.4. The molecule has 1 aliphatic rings. The van der Waals surface area contributed by atoms with E-state index in [4.69, 9.17) is 5.73 Å². The van der Waals surface area contributed by atoms with Gasteiger partial charge in [0.1, 0.15) is 0 Å². The van der Waals surface area contributed by atoms with Gasteiger partial charge < -0.3 is 11.1 Å². The molecule has 2 rings (SSSR count). The van der Waals surface area contributed by atoms with Gasteiger partial charge in [0.25, 0.3) is 0 Å². The molecule has 2 atom stereocenters. The van der Waals surface area contributed by atoms with Crippen LogP contribution >= 0.6 is 0 Å². The van der Waals surface area contributed by atoms with Crippen molar-refractivity contribution < 1.29 is 13.2 Å². The lowest BCUT2D eigenvalue weighted by molar-refractivity contribution is -0.138. The zero-order valence-electron chi connectivity index (χ0n) is 9.96. The summed E-state index contributed by atoms with van der Waals surface area (Å²) in [7, 11) is 0. The summed E-state index contributed by atoms with van der Waals surface area (Å²) in [6.45, 7) is 1.94. The van der Waals surface area contributed by atoms with Gasteiger partial charge in [0, 0.05) is 18.4 Å². The van der Waals surface area contributed by atoms with E-state index < -0.39 is 11.7 Å². The minimum Gasteiger partial charge on any atom is -0.348 e. The molecular formula is C11H15F3N4. The fourth-order valence-corrected chi connectivity index (χ4v) is 2.14. The third-order valence-corrected chi connectivity index (χ3v) is 3.41. The standard InChI is InChI=1S/C11H15F3N4/c1-10(4-2-3-8(10)15)18-9-16-5-7(6-17-9)11(12,13)14/h5-6,8H,2-4,15H2,1H3,(H,16,17,18)/t8-,10-/m0/s1. The van der Waals surface area contributed by atoms with Crippen LogP contribution in [0.1, 0.15) is 31.7 Å². The first-order chi connectivity index (χ1) is 8.31. The molecule has 0 aromatic carbocycles. The van der Waals surface area contributed by atoms with Crippen molar-refractivity contribution in [2.45, 2.75) is 43.9 Å². The van der Waals surface area contributed by atoms with Gasteiger partial charge in [-0.3, -0.25) is 0 Å². The highest BCUT2D eigenvalue weighted by Gasteiger charge is 2.37. The van der Waals surface area contributed by atoms with Gasteiger partial charge in [-0.15, -0.1) is 0 Å². The summed E-state index contributed by atoms with van der Waals surface area (Å²) in [4.78, 5) is 7.38. The third-order valence-electron chi connectivity index (χ3n) is 3.41. The van der Waals surface area contributed by atoms with Crippen LogP contribution in [0, 0.1) is 0 Å². The van der Waals surface area contributed by atoms with Crippen molar-refractivity contribution in [1.29, 1.82) is 0 Å². The first kappa shape index (κ1) is 13.1. The van der Waals surface area contributed by atoms with Gasteiger partial charge in [0.05, 0.1) is 11.1 Å². The Bertz CT molecular complexity index is 417. The van der Waals surface area contributed by atoms with Crippen LogP contribution < -0.4 is 11.1 Å². The van der Waals surface area contributed by atoms with Crippen LogP contribution in [0.5, 0.6) is 0 Å². The molecule has 0 spiro atoms. The van der Waals surface area contributed by atoms with Crippen LogP contribution in [-0.2, 0) is 6.18 Å². The average molecular weight is 260 g/mol. The molecule has 0 amide bonds. The van der Waals surface area contributed by atoms with Crippen LogP contribution in [0.25, 0.3) is 0 Å². The van der Waals surface area contributed by atoms with Crippen LogP contribution in [0.15, 0.2) is 12.4 Å². The quantitative estimate of drug-likeness (QED) is 0.855. The van der Waals surface area contributed by atoms with E-state index >= 15 is 0 Å². The largest absolute Gasteiger partial charge is 0.419 e. The van der Waals surface area contributed by atoms with Gasteiger partial charge in [-0.05, 0) is 26.2 Å². The number of rotatable bonds is 2. The highest BCUT2D eigenvalue weighted by Crippen LogP contribution is 2.32. The topological polar surface area (TPSA) is 63.8 Å². The molecule has 1 aliphatic carbocycles. The average Bonchev–Trinajstić information content (AvgIpc) is 2.58. The van der Waals surface area contributed by atoms with E-state index in [1.54, 1.807) is 0 Å². The molecule has 1 aromatic rings. The third kappa shape index (κ3) is 2.55. The summed E-state index contributed by atoms with van der Waals surface area (Å²) in [6.07, 6.45) is -0.113. The number of alkyl halides is 3. The zero-order chi connectivity index (χ0) is 13.4. The first-order valence-corrected chi connectivity index (χ1v) is 5.74. The van der Waals surface area contributed by atoms with E-state index in [0.717, 1.165) is 31.7 Å². The lowest BCUT2D eigenvalue weighted by Crippen LogP contribution is -2.47. The lowest BCUT2D eigenvalue weighted by Gasteiger charge is -2.30. The number of nitrogens with zero attached hydrogens (tertiary/aromatic N) is 2. The first-order valence-electron chi connectivity index (χ1n) is 5.74. The molecular weight excluding hydrogens is 245 g/mol. The van der Waals surface area contributed by atoms with E-state index in [2.05, 4.69) is 15.3 Å². The molecule has 1 heterocycles. The zero-order valence-corrected chi connectivity index (χ0v) is 9.96. The molecule has 0 bridgehead atoms. The van der Waals surface area contributed by atoms with Gasteiger partial charge in [-0.25, -0.2) is 9.97 Å². The Kier molecular flexibility index (Phi) is 3.18. The van der Waals surface area contributed by atoms with Crippen LogP contribution in [0.2, 0.25) is 0 Å². The van der Waals surface area contributed by atoms with Gasteiger partial charge in [0.15, 0.2) is 0 Å². The molecule has 0 aliphatic heterocycles. The fraction of sp³-hybridized carbons (Fsp3) is 0.636. The number of halogens is 3. The molecule has 1 saturated carbocycles. The van der Waals surface area contributed by atoms with Gasteiger partial charge in [0.2, 0.25) is 5.95 Å². The monoisotopic (exact) mass is 260 g/mol. The maximum absolute atomic E-state index is 12.3. The van der Waals surface area contributed by atoms with E-state index in [-0.39, 0.29) is 17.5 Å². The Morgan fingerprint density at radius 1 is 1.39 bits per heavy atom. The molecule has 0 unspecified atom stereocenters. The summed E-state index contributed by atoms with van der Waals surface area (Å²) in [5.74, 6) is 0.183. The van der Waals surface area contributed by atoms with Gasteiger partial charge in [-0.1, -0.05) is 0 Å². The highest BCUT2D eigenvalue weighted by atomic mass is 19.4. The SMILES string of the molecule is C[C@]1(Nc2ncc(C(F)(F)F)cn2)CCC[C@@H]1N. The Morgan fingerprint density at radius 2 is 2.00 bits per heavy atom. The predicted molar refractivity (Wildman–Crippen MR) is 60.9 cm³/mol. The number of hydrogen-bond acceptors (Lipinski definition) is 4. The van der Waals surface area contributed by atoms with Gasteiger partial charge >= 0.3 is 6.18 Å². The maximum Gasteiger partial charge on any atom is 0.419 e. The van der Waals surface area contributed by atoms with E-state index in [9.17, 15) is 13.2 Å². The number of aromatic nitrogens is 2. The highest BCUT2D eigenvalue weighted by molar-refractivity contribution is 5.32. The molecule has 0 saturated heterocycles. The van der Waals surface area contributed by atoms with Crippen molar-refractivity contribution in [3.8, 4) is 0 Å². The Balaban J connectivity index is 2.11. The van der Waals surface area contributed by atoms with Crippen LogP contribution in [0.4, 0.5) is 19.1 Å². The number of anilines is 1.